The molecule has 0 spiro atoms. The zero-order valence-electron chi connectivity index (χ0n) is 12.2. The number of nitrogens with one attached hydrogen (secondary N) is 1. The maximum absolute atomic E-state index is 5.61. The van der Waals surface area contributed by atoms with Gasteiger partial charge in [-0.2, -0.15) is 0 Å². The fourth-order valence-corrected chi connectivity index (χ4v) is 2.18. The minimum absolute atomic E-state index is 0.433. The Morgan fingerprint density at radius 3 is 2.79 bits per heavy atom. The van der Waals surface area contributed by atoms with Crippen LogP contribution in [0.3, 0.4) is 0 Å². The SMILES string of the molecule is CCNc1nc(C(C)(CC)OC)nc2c1COCC2. The van der Waals surface area contributed by atoms with Crippen LogP contribution in [0.15, 0.2) is 0 Å². The molecule has 2 heterocycles. The predicted molar refractivity (Wildman–Crippen MR) is 74.2 cm³/mol. The molecule has 2 rings (SSSR count). The molecule has 106 valence electrons. The predicted octanol–water partition coefficient (Wildman–Crippen LogP) is 2.25. The van der Waals surface area contributed by atoms with Crippen LogP contribution >= 0.6 is 0 Å². The van der Waals surface area contributed by atoms with Crippen LogP contribution in [0.2, 0.25) is 0 Å². The van der Waals surface area contributed by atoms with Crippen molar-refractivity contribution in [1.29, 1.82) is 0 Å². The Hall–Kier alpha value is -1.20. The van der Waals surface area contributed by atoms with Gasteiger partial charge in [0.1, 0.15) is 11.4 Å². The summed E-state index contributed by atoms with van der Waals surface area (Å²) in [6.45, 7) is 8.33. The second-order valence-electron chi connectivity index (χ2n) is 4.94. The first kappa shape index (κ1) is 14.2. The zero-order chi connectivity index (χ0) is 13.9. The summed E-state index contributed by atoms with van der Waals surface area (Å²) in [5.41, 5.74) is 1.74. The number of rotatable bonds is 5. The molecule has 0 amide bonds. The third kappa shape index (κ3) is 2.72. The van der Waals surface area contributed by atoms with E-state index in [1.807, 2.05) is 6.92 Å². The third-order valence-electron chi connectivity index (χ3n) is 3.76. The van der Waals surface area contributed by atoms with Gasteiger partial charge in [0.15, 0.2) is 5.82 Å². The number of anilines is 1. The Morgan fingerprint density at radius 1 is 1.37 bits per heavy atom. The van der Waals surface area contributed by atoms with E-state index in [2.05, 4.69) is 24.1 Å². The summed E-state index contributed by atoms with van der Waals surface area (Å²) in [5.74, 6) is 1.65. The number of methoxy groups -OCH3 is 1. The monoisotopic (exact) mass is 265 g/mol. The molecule has 1 aromatic rings. The smallest absolute Gasteiger partial charge is 0.162 e. The Balaban J connectivity index is 2.48. The molecule has 1 aromatic heterocycles. The van der Waals surface area contributed by atoms with Crippen molar-refractivity contribution >= 4 is 5.82 Å². The van der Waals surface area contributed by atoms with E-state index < -0.39 is 5.60 Å². The van der Waals surface area contributed by atoms with E-state index in [9.17, 15) is 0 Å². The van der Waals surface area contributed by atoms with Crippen LogP contribution in [0, 0.1) is 0 Å². The summed E-state index contributed by atoms with van der Waals surface area (Å²) in [6.07, 6.45) is 1.68. The van der Waals surface area contributed by atoms with Crippen molar-refractivity contribution in [3.05, 3.63) is 17.1 Å². The summed E-state index contributed by atoms with van der Waals surface area (Å²) in [5, 5.41) is 3.31. The van der Waals surface area contributed by atoms with E-state index in [1.165, 1.54) is 0 Å². The molecule has 1 unspecified atom stereocenters. The Bertz CT molecular complexity index is 445. The Labute approximate surface area is 114 Å². The first-order valence-electron chi connectivity index (χ1n) is 6.91. The summed E-state index contributed by atoms with van der Waals surface area (Å²) < 4.78 is 11.1. The van der Waals surface area contributed by atoms with Crippen molar-refractivity contribution in [2.24, 2.45) is 0 Å². The van der Waals surface area contributed by atoms with Crippen LogP contribution in [0.25, 0.3) is 0 Å². The lowest BCUT2D eigenvalue weighted by Gasteiger charge is -2.28. The van der Waals surface area contributed by atoms with Crippen molar-refractivity contribution in [3.8, 4) is 0 Å². The molecule has 1 aliphatic rings. The number of hydrogen-bond acceptors (Lipinski definition) is 5. The molecule has 19 heavy (non-hydrogen) atoms. The van der Waals surface area contributed by atoms with Gasteiger partial charge in [0.2, 0.25) is 0 Å². The highest BCUT2D eigenvalue weighted by atomic mass is 16.5. The lowest BCUT2D eigenvalue weighted by molar-refractivity contribution is -0.00943. The van der Waals surface area contributed by atoms with Gasteiger partial charge in [0.05, 0.1) is 18.9 Å². The average Bonchev–Trinajstić information content (AvgIpc) is 2.46. The molecule has 0 saturated heterocycles. The van der Waals surface area contributed by atoms with Gasteiger partial charge in [-0.15, -0.1) is 0 Å². The summed E-state index contributed by atoms with van der Waals surface area (Å²) >= 11 is 0. The molecule has 0 aromatic carbocycles. The lowest BCUT2D eigenvalue weighted by atomic mass is 10.0. The van der Waals surface area contributed by atoms with E-state index in [0.29, 0.717) is 6.61 Å². The Kier molecular flexibility index (Phi) is 4.37. The second kappa shape index (κ2) is 5.84. The van der Waals surface area contributed by atoms with E-state index in [4.69, 9.17) is 14.5 Å². The molecule has 5 heteroatoms. The molecule has 0 aliphatic carbocycles. The summed E-state index contributed by atoms with van der Waals surface area (Å²) in [4.78, 5) is 9.38. The summed E-state index contributed by atoms with van der Waals surface area (Å²) in [7, 11) is 1.71. The zero-order valence-corrected chi connectivity index (χ0v) is 12.2. The largest absolute Gasteiger partial charge is 0.376 e. The van der Waals surface area contributed by atoms with Gasteiger partial charge in [-0.3, -0.25) is 0 Å². The second-order valence-corrected chi connectivity index (χ2v) is 4.94. The molecule has 1 atom stereocenters. The molecular weight excluding hydrogens is 242 g/mol. The molecule has 0 saturated carbocycles. The van der Waals surface area contributed by atoms with Crippen LogP contribution < -0.4 is 5.32 Å². The molecule has 0 fully saturated rings. The van der Waals surface area contributed by atoms with Crippen molar-refractivity contribution in [2.75, 3.05) is 25.6 Å². The van der Waals surface area contributed by atoms with Gasteiger partial charge in [0, 0.05) is 25.6 Å². The number of aromatic nitrogens is 2. The standard InChI is InChI=1S/C14H23N3O2/c1-5-14(3,18-4)13-16-11-7-8-19-9-10(11)12(17-13)15-6-2/h5-9H2,1-4H3,(H,15,16,17). The summed E-state index contributed by atoms with van der Waals surface area (Å²) in [6, 6.07) is 0. The average molecular weight is 265 g/mol. The lowest BCUT2D eigenvalue weighted by Crippen LogP contribution is -2.29. The van der Waals surface area contributed by atoms with Crippen LogP contribution in [0.5, 0.6) is 0 Å². The fraction of sp³-hybridized carbons (Fsp3) is 0.714. The van der Waals surface area contributed by atoms with E-state index in [1.54, 1.807) is 7.11 Å². The first-order valence-corrected chi connectivity index (χ1v) is 6.91. The minimum Gasteiger partial charge on any atom is -0.376 e. The van der Waals surface area contributed by atoms with Crippen molar-refractivity contribution in [2.45, 2.75) is 45.8 Å². The van der Waals surface area contributed by atoms with Crippen LogP contribution in [-0.4, -0.2) is 30.2 Å². The van der Waals surface area contributed by atoms with E-state index in [-0.39, 0.29) is 0 Å². The van der Waals surface area contributed by atoms with Gasteiger partial charge >= 0.3 is 0 Å². The number of fused-ring (bicyclic) bond motifs is 1. The van der Waals surface area contributed by atoms with Crippen LogP contribution in [0.4, 0.5) is 5.82 Å². The van der Waals surface area contributed by atoms with Crippen molar-refractivity contribution in [3.63, 3.8) is 0 Å². The highest BCUT2D eigenvalue weighted by molar-refractivity contribution is 5.47. The van der Waals surface area contributed by atoms with Crippen LogP contribution in [0.1, 0.15) is 44.3 Å². The van der Waals surface area contributed by atoms with Gasteiger partial charge in [-0.25, -0.2) is 9.97 Å². The molecule has 0 bridgehead atoms. The Morgan fingerprint density at radius 2 is 2.16 bits per heavy atom. The third-order valence-corrected chi connectivity index (χ3v) is 3.76. The number of hydrogen-bond donors (Lipinski definition) is 1. The molecule has 0 radical (unpaired) electrons. The van der Waals surface area contributed by atoms with Gasteiger partial charge in [-0.05, 0) is 20.3 Å². The maximum atomic E-state index is 5.61. The van der Waals surface area contributed by atoms with E-state index in [0.717, 1.165) is 48.9 Å². The minimum atomic E-state index is -0.433. The van der Waals surface area contributed by atoms with Gasteiger partial charge in [0.25, 0.3) is 0 Å². The molecule has 1 aliphatic heterocycles. The fourth-order valence-electron chi connectivity index (χ4n) is 2.18. The molecule has 1 N–H and O–H groups in total. The van der Waals surface area contributed by atoms with Crippen LogP contribution in [-0.2, 0) is 28.1 Å². The first-order chi connectivity index (χ1) is 9.14. The maximum Gasteiger partial charge on any atom is 0.162 e. The van der Waals surface area contributed by atoms with Crippen molar-refractivity contribution in [1.82, 2.24) is 9.97 Å². The quantitative estimate of drug-likeness (QED) is 0.885. The highest BCUT2D eigenvalue weighted by Gasteiger charge is 2.30. The van der Waals surface area contributed by atoms with Gasteiger partial charge in [-0.1, -0.05) is 6.92 Å². The molecule has 5 nitrogen and oxygen atoms in total. The number of ether oxygens (including phenoxy) is 2. The number of nitrogens with zero attached hydrogens (tertiary/aromatic N) is 2. The van der Waals surface area contributed by atoms with Crippen molar-refractivity contribution < 1.29 is 9.47 Å². The topological polar surface area (TPSA) is 56.3 Å². The normalized spacial score (nSPS) is 17.7. The highest BCUT2D eigenvalue weighted by Crippen LogP contribution is 2.30. The van der Waals surface area contributed by atoms with Gasteiger partial charge < -0.3 is 14.8 Å². The van der Waals surface area contributed by atoms with E-state index >= 15 is 0 Å². The molecular formula is C14H23N3O2.